The average molecular weight is 145 g/mol. The Morgan fingerprint density at radius 1 is 1.40 bits per heavy atom. The molecule has 0 aliphatic heterocycles. The molecule has 2 nitrogen and oxygen atoms in total. The van der Waals surface area contributed by atoms with Gasteiger partial charge in [-0.15, -0.1) is 0 Å². The van der Waals surface area contributed by atoms with Gasteiger partial charge in [0.15, 0.2) is 0 Å². The van der Waals surface area contributed by atoms with Crippen LogP contribution in [0.5, 0.6) is 0 Å². The molecule has 0 heterocycles. The molecule has 10 heavy (non-hydrogen) atoms. The average Bonchev–Trinajstić information content (AvgIpc) is 1.99. The molecule has 1 atom stereocenters. The minimum Gasteiger partial charge on any atom is -0.396 e. The summed E-state index contributed by atoms with van der Waals surface area (Å²) in [6.45, 7) is 4.43. The van der Waals surface area contributed by atoms with Crippen LogP contribution in [0.25, 0.3) is 0 Å². The molecule has 0 aromatic rings. The molecule has 0 aliphatic carbocycles. The van der Waals surface area contributed by atoms with E-state index in [1.807, 2.05) is 6.92 Å². The van der Waals surface area contributed by atoms with E-state index in [9.17, 15) is 0 Å². The summed E-state index contributed by atoms with van der Waals surface area (Å²) in [5.41, 5.74) is 0. The normalized spacial score (nSPS) is 14.1. The second kappa shape index (κ2) is 5.69. The van der Waals surface area contributed by atoms with Gasteiger partial charge in [0.25, 0.3) is 0 Å². The van der Waals surface area contributed by atoms with Crippen LogP contribution in [0.4, 0.5) is 0 Å². The molecule has 0 aromatic carbocycles. The molecule has 0 aliphatic rings. The summed E-state index contributed by atoms with van der Waals surface area (Å²) in [7, 11) is 0. The van der Waals surface area contributed by atoms with Crippen molar-refractivity contribution in [1.82, 2.24) is 0 Å². The Kier molecular flexibility index (Phi) is 5.64. The second-order valence-electron chi connectivity index (χ2n) is 2.57. The second-order valence-corrected chi connectivity index (χ2v) is 2.57. The van der Waals surface area contributed by atoms with Gasteiger partial charge < -0.3 is 10.2 Å². The van der Waals surface area contributed by atoms with Gasteiger partial charge in [0.2, 0.25) is 0 Å². The smallest absolute Gasteiger partial charge is 0.0462 e. The molecule has 0 saturated carbocycles. The highest BCUT2D eigenvalue weighted by Crippen LogP contribution is 2.20. The van der Waals surface area contributed by atoms with Crippen LogP contribution < -0.4 is 0 Å². The fourth-order valence-corrected chi connectivity index (χ4v) is 1.04. The van der Waals surface area contributed by atoms with E-state index in [0.717, 1.165) is 12.8 Å². The molecular weight excluding hydrogens is 128 g/mol. The molecule has 0 amide bonds. The zero-order chi connectivity index (χ0) is 7.98. The van der Waals surface area contributed by atoms with Crippen LogP contribution in [-0.2, 0) is 0 Å². The van der Waals surface area contributed by atoms with Crippen LogP contribution in [0.3, 0.4) is 0 Å². The van der Waals surface area contributed by atoms with E-state index in [1.165, 1.54) is 5.92 Å². The van der Waals surface area contributed by atoms with Gasteiger partial charge in [0, 0.05) is 13.2 Å². The third-order valence-corrected chi connectivity index (χ3v) is 1.86. The van der Waals surface area contributed by atoms with Gasteiger partial charge in [0.05, 0.1) is 0 Å². The molecule has 0 spiro atoms. The SMILES string of the molecule is CC[C](CCO)C(C)CO. The number of hydrogen-bond acceptors (Lipinski definition) is 2. The van der Waals surface area contributed by atoms with Crippen molar-refractivity contribution in [2.75, 3.05) is 13.2 Å². The van der Waals surface area contributed by atoms with Crippen LogP contribution in [0, 0.1) is 11.8 Å². The molecular formula is C8H17O2. The van der Waals surface area contributed by atoms with Crippen LogP contribution in [-0.4, -0.2) is 23.4 Å². The quantitative estimate of drug-likeness (QED) is 0.605. The highest BCUT2D eigenvalue weighted by Gasteiger charge is 2.13. The summed E-state index contributed by atoms with van der Waals surface area (Å²) in [6.07, 6.45) is 1.69. The summed E-state index contributed by atoms with van der Waals surface area (Å²) < 4.78 is 0. The molecule has 61 valence electrons. The topological polar surface area (TPSA) is 40.5 Å². The Labute approximate surface area is 62.9 Å². The standard InChI is InChI=1S/C8H17O2/c1-3-8(4-5-9)7(2)6-10/h7,9-10H,3-6H2,1-2H3. The third-order valence-electron chi connectivity index (χ3n) is 1.86. The van der Waals surface area contributed by atoms with Crippen LogP contribution >= 0.6 is 0 Å². The summed E-state index contributed by atoms with van der Waals surface area (Å²) in [6, 6.07) is 0. The first-order chi connectivity index (χ1) is 4.76. The van der Waals surface area contributed by atoms with Gasteiger partial charge in [-0.25, -0.2) is 0 Å². The number of rotatable bonds is 5. The third kappa shape index (κ3) is 3.18. The van der Waals surface area contributed by atoms with Crippen LogP contribution in [0.1, 0.15) is 26.7 Å². The summed E-state index contributed by atoms with van der Waals surface area (Å²) in [5, 5.41) is 17.4. The minimum absolute atomic E-state index is 0.198. The van der Waals surface area contributed by atoms with E-state index in [-0.39, 0.29) is 19.1 Å². The molecule has 0 rings (SSSR count). The highest BCUT2D eigenvalue weighted by molar-refractivity contribution is 4.92. The first-order valence-corrected chi connectivity index (χ1v) is 3.82. The number of hydrogen-bond donors (Lipinski definition) is 2. The molecule has 2 N–H and O–H groups in total. The van der Waals surface area contributed by atoms with Gasteiger partial charge in [-0.3, -0.25) is 0 Å². The lowest BCUT2D eigenvalue weighted by Crippen LogP contribution is -2.13. The lowest BCUT2D eigenvalue weighted by molar-refractivity contribution is 0.222. The van der Waals surface area contributed by atoms with Gasteiger partial charge in [0.1, 0.15) is 0 Å². The fraction of sp³-hybridized carbons (Fsp3) is 0.875. The molecule has 0 saturated heterocycles. The van der Waals surface area contributed by atoms with Crippen LogP contribution in [0.2, 0.25) is 0 Å². The lowest BCUT2D eigenvalue weighted by atomic mass is 9.90. The summed E-state index contributed by atoms with van der Waals surface area (Å²) in [4.78, 5) is 0. The predicted octanol–water partition coefficient (Wildman–Crippen LogP) is 0.982. The van der Waals surface area contributed by atoms with E-state index in [2.05, 4.69) is 6.92 Å². The van der Waals surface area contributed by atoms with E-state index in [4.69, 9.17) is 10.2 Å². The minimum atomic E-state index is 0.198. The Bertz CT molecular complexity index is 73.7. The number of aliphatic hydroxyl groups excluding tert-OH is 2. The molecule has 2 heteroatoms. The van der Waals surface area contributed by atoms with Crippen molar-refractivity contribution >= 4 is 0 Å². The van der Waals surface area contributed by atoms with E-state index < -0.39 is 0 Å². The van der Waals surface area contributed by atoms with Gasteiger partial charge >= 0.3 is 0 Å². The Balaban J connectivity index is 3.56. The summed E-state index contributed by atoms with van der Waals surface area (Å²) >= 11 is 0. The number of aliphatic hydroxyl groups is 2. The molecule has 1 radical (unpaired) electrons. The molecule has 0 fully saturated rings. The zero-order valence-electron chi connectivity index (χ0n) is 6.80. The van der Waals surface area contributed by atoms with Crippen molar-refractivity contribution < 1.29 is 10.2 Å². The first-order valence-electron chi connectivity index (χ1n) is 3.82. The zero-order valence-corrected chi connectivity index (χ0v) is 6.80. The van der Waals surface area contributed by atoms with Crippen molar-refractivity contribution in [2.45, 2.75) is 26.7 Å². The van der Waals surface area contributed by atoms with E-state index >= 15 is 0 Å². The Morgan fingerprint density at radius 2 is 2.00 bits per heavy atom. The van der Waals surface area contributed by atoms with Gasteiger partial charge in [-0.2, -0.15) is 0 Å². The van der Waals surface area contributed by atoms with Gasteiger partial charge in [-0.05, 0) is 24.7 Å². The van der Waals surface area contributed by atoms with Crippen molar-refractivity contribution in [3.05, 3.63) is 5.92 Å². The lowest BCUT2D eigenvalue weighted by Gasteiger charge is -2.18. The molecule has 0 aromatic heterocycles. The molecule has 0 bridgehead atoms. The highest BCUT2D eigenvalue weighted by atomic mass is 16.3. The van der Waals surface area contributed by atoms with Gasteiger partial charge in [-0.1, -0.05) is 13.8 Å². The predicted molar refractivity (Wildman–Crippen MR) is 41.5 cm³/mol. The largest absolute Gasteiger partial charge is 0.396 e. The van der Waals surface area contributed by atoms with Crippen molar-refractivity contribution in [3.8, 4) is 0 Å². The molecule has 1 unspecified atom stereocenters. The maximum absolute atomic E-state index is 8.76. The summed E-state index contributed by atoms with van der Waals surface area (Å²) in [5.74, 6) is 1.50. The van der Waals surface area contributed by atoms with E-state index in [1.54, 1.807) is 0 Å². The monoisotopic (exact) mass is 145 g/mol. The van der Waals surface area contributed by atoms with Crippen molar-refractivity contribution in [2.24, 2.45) is 5.92 Å². The Hall–Kier alpha value is -0.0800. The van der Waals surface area contributed by atoms with E-state index in [0.29, 0.717) is 0 Å². The van der Waals surface area contributed by atoms with Crippen molar-refractivity contribution in [3.63, 3.8) is 0 Å². The van der Waals surface area contributed by atoms with Crippen molar-refractivity contribution in [1.29, 1.82) is 0 Å². The Morgan fingerprint density at radius 3 is 2.30 bits per heavy atom. The van der Waals surface area contributed by atoms with Crippen LogP contribution in [0.15, 0.2) is 0 Å². The first kappa shape index (κ1) is 9.92. The fourth-order valence-electron chi connectivity index (χ4n) is 1.04. The maximum atomic E-state index is 8.76. The maximum Gasteiger partial charge on any atom is 0.0462 e.